The smallest absolute Gasteiger partial charge is 0.305 e. The molecule has 1 aromatic carbocycles. The number of rotatable bonds is 8. The molecular formula is C18H26N2O5S. The lowest BCUT2D eigenvalue weighted by molar-refractivity contribution is -0.141. The van der Waals surface area contributed by atoms with Crippen LogP contribution in [0.2, 0.25) is 0 Å². The molecule has 1 saturated heterocycles. The normalized spacial score (nSPS) is 15.7. The van der Waals surface area contributed by atoms with Gasteiger partial charge in [-0.1, -0.05) is 18.2 Å². The summed E-state index contributed by atoms with van der Waals surface area (Å²) >= 11 is 0. The van der Waals surface area contributed by atoms with Gasteiger partial charge in [0.1, 0.15) is 0 Å². The Balaban J connectivity index is 1.73. The number of sulfonamides is 1. The Hall–Kier alpha value is -1.93. The van der Waals surface area contributed by atoms with Crippen LogP contribution >= 0.6 is 0 Å². The van der Waals surface area contributed by atoms with Crippen molar-refractivity contribution < 1.29 is 22.7 Å². The molecule has 1 fully saturated rings. The minimum Gasteiger partial charge on any atom is -0.469 e. The lowest BCUT2D eigenvalue weighted by atomic mass is 10.1. The predicted octanol–water partition coefficient (Wildman–Crippen LogP) is 1.69. The molecular weight excluding hydrogens is 356 g/mol. The molecule has 0 radical (unpaired) electrons. The van der Waals surface area contributed by atoms with E-state index in [0.717, 1.165) is 0 Å². The van der Waals surface area contributed by atoms with Gasteiger partial charge in [0.15, 0.2) is 0 Å². The van der Waals surface area contributed by atoms with E-state index in [1.54, 1.807) is 35.2 Å². The number of carbonyl (C=O) groups excluding carboxylic acids is 2. The molecule has 8 heteroatoms. The molecule has 1 aromatic rings. The Labute approximate surface area is 154 Å². The average Bonchev–Trinajstić information content (AvgIpc) is 2.65. The summed E-state index contributed by atoms with van der Waals surface area (Å²) in [4.78, 5) is 25.3. The Morgan fingerprint density at radius 2 is 1.73 bits per heavy atom. The molecule has 2 rings (SSSR count). The van der Waals surface area contributed by atoms with E-state index in [-0.39, 0.29) is 22.8 Å². The molecule has 7 nitrogen and oxygen atoms in total. The predicted molar refractivity (Wildman–Crippen MR) is 96.8 cm³/mol. The van der Waals surface area contributed by atoms with E-state index in [9.17, 15) is 18.0 Å². The van der Waals surface area contributed by atoms with E-state index in [2.05, 4.69) is 9.46 Å². The highest BCUT2D eigenvalue weighted by Gasteiger charge is 2.26. The quantitative estimate of drug-likeness (QED) is 0.546. The molecule has 1 aliphatic heterocycles. The molecule has 0 aliphatic carbocycles. The molecule has 26 heavy (non-hydrogen) atoms. The van der Waals surface area contributed by atoms with Crippen molar-refractivity contribution in [2.45, 2.75) is 49.5 Å². The number of likely N-dealkylation sites (tertiary alicyclic amines) is 1. The zero-order chi connectivity index (χ0) is 19.0. The maximum atomic E-state index is 12.3. The molecule has 0 atom stereocenters. The van der Waals surface area contributed by atoms with Crippen LogP contribution in [-0.2, 0) is 24.3 Å². The van der Waals surface area contributed by atoms with Crippen LogP contribution < -0.4 is 4.72 Å². The van der Waals surface area contributed by atoms with Crippen molar-refractivity contribution in [2.24, 2.45) is 0 Å². The second-order valence-corrected chi connectivity index (χ2v) is 8.09. The highest BCUT2D eigenvalue weighted by Crippen LogP contribution is 2.16. The largest absolute Gasteiger partial charge is 0.469 e. The van der Waals surface area contributed by atoms with Gasteiger partial charge in [-0.2, -0.15) is 0 Å². The highest BCUT2D eigenvalue weighted by molar-refractivity contribution is 7.89. The number of ether oxygens (including phenoxy) is 1. The average molecular weight is 382 g/mol. The van der Waals surface area contributed by atoms with Crippen molar-refractivity contribution in [2.75, 3.05) is 20.2 Å². The zero-order valence-electron chi connectivity index (χ0n) is 15.0. The Morgan fingerprint density at radius 1 is 1.12 bits per heavy atom. The second kappa shape index (κ2) is 9.68. The molecule has 144 valence electrons. The Kier molecular flexibility index (Phi) is 7.59. The number of methoxy groups -OCH3 is 1. The fourth-order valence-corrected chi connectivity index (χ4v) is 4.27. The lowest BCUT2D eigenvalue weighted by Crippen LogP contribution is -2.46. The standard InChI is InChI=1S/C18H26N2O5S/c1-25-18(22)10-6-5-9-17(21)20-13-11-15(12-14-20)19-26(23,24)16-7-3-2-4-8-16/h2-4,7-8,15,19H,5-6,9-14H2,1H3. The minimum atomic E-state index is -3.52. The van der Waals surface area contributed by atoms with Crippen LogP contribution in [0.1, 0.15) is 38.5 Å². The lowest BCUT2D eigenvalue weighted by Gasteiger charge is -2.32. The van der Waals surface area contributed by atoms with Gasteiger partial charge in [0.2, 0.25) is 15.9 Å². The second-order valence-electron chi connectivity index (χ2n) is 6.37. The number of carbonyl (C=O) groups is 2. The van der Waals surface area contributed by atoms with Gasteiger partial charge < -0.3 is 9.64 Å². The van der Waals surface area contributed by atoms with Gasteiger partial charge in [-0.25, -0.2) is 13.1 Å². The molecule has 0 bridgehead atoms. The van der Waals surface area contributed by atoms with Crippen molar-refractivity contribution >= 4 is 21.9 Å². The first kappa shape index (κ1) is 20.4. The van der Waals surface area contributed by atoms with Crippen molar-refractivity contribution in [1.29, 1.82) is 0 Å². The van der Waals surface area contributed by atoms with E-state index in [1.807, 2.05) is 0 Å². The third kappa shape index (κ3) is 6.10. The SMILES string of the molecule is COC(=O)CCCCC(=O)N1CCC(NS(=O)(=O)c2ccccc2)CC1. The summed E-state index contributed by atoms with van der Waals surface area (Å²) in [7, 11) is -2.17. The van der Waals surface area contributed by atoms with Crippen molar-refractivity contribution in [3.63, 3.8) is 0 Å². The first-order chi connectivity index (χ1) is 12.4. The topological polar surface area (TPSA) is 92.8 Å². The summed E-state index contributed by atoms with van der Waals surface area (Å²) in [5, 5.41) is 0. The fourth-order valence-electron chi connectivity index (χ4n) is 2.94. The molecule has 1 amide bonds. The van der Waals surface area contributed by atoms with Crippen LogP contribution in [0, 0.1) is 0 Å². The van der Waals surface area contributed by atoms with Crippen LogP contribution in [0.3, 0.4) is 0 Å². The molecule has 1 N–H and O–H groups in total. The van der Waals surface area contributed by atoms with Crippen LogP contribution in [0.4, 0.5) is 0 Å². The minimum absolute atomic E-state index is 0.0548. The summed E-state index contributed by atoms with van der Waals surface area (Å²) in [6, 6.07) is 8.12. The van der Waals surface area contributed by atoms with Gasteiger partial charge in [0, 0.05) is 32.0 Å². The molecule has 0 aromatic heterocycles. The Morgan fingerprint density at radius 3 is 2.35 bits per heavy atom. The molecule has 0 saturated carbocycles. The number of nitrogens with zero attached hydrogens (tertiary/aromatic N) is 1. The van der Waals surface area contributed by atoms with Crippen LogP contribution in [0.15, 0.2) is 35.2 Å². The van der Waals surface area contributed by atoms with Gasteiger partial charge >= 0.3 is 5.97 Å². The first-order valence-corrected chi connectivity index (χ1v) is 10.3. The van der Waals surface area contributed by atoms with Gasteiger partial charge in [0.25, 0.3) is 0 Å². The van der Waals surface area contributed by atoms with E-state index < -0.39 is 10.0 Å². The summed E-state index contributed by atoms with van der Waals surface area (Å²) < 4.78 is 32.0. The molecule has 1 aliphatic rings. The van der Waals surface area contributed by atoms with E-state index in [4.69, 9.17) is 0 Å². The molecule has 0 spiro atoms. The molecule has 1 heterocycles. The van der Waals surface area contributed by atoms with Gasteiger partial charge in [-0.15, -0.1) is 0 Å². The Bertz CT molecular complexity index is 698. The number of nitrogens with one attached hydrogen (secondary N) is 1. The van der Waals surface area contributed by atoms with Gasteiger partial charge in [0.05, 0.1) is 12.0 Å². The zero-order valence-corrected chi connectivity index (χ0v) is 15.8. The van der Waals surface area contributed by atoms with Crippen molar-refractivity contribution in [3.05, 3.63) is 30.3 Å². The van der Waals surface area contributed by atoms with E-state index in [0.29, 0.717) is 51.6 Å². The third-order valence-electron chi connectivity index (χ3n) is 4.47. The summed E-state index contributed by atoms with van der Waals surface area (Å²) in [6.07, 6.45) is 3.20. The third-order valence-corrected chi connectivity index (χ3v) is 6.01. The molecule has 0 unspecified atom stereocenters. The number of amides is 1. The number of piperidine rings is 1. The van der Waals surface area contributed by atoms with Crippen molar-refractivity contribution in [3.8, 4) is 0 Å². The maximum absolute atomic E-state index is 12.3. The maximum Gasteiger partial charge on any atom is 0.305 e. The number of hydrogen-bond donors (Lipinski definition) is 1. The number of unbranched alkanes of at least 4 members (excludes halogenated alkanes) is 1. The highest BCUT2D eigenvalue weighted by atomic mass is 32.2. The number of benzene rings is 1. The van der Waals surface area contributed by atoms with Crippen LogP contribution in [0.5, 0.6) is 0 Å². The summed E-state index contributed by atoms with van der Waals surface area (Å²) in [5.74, 6) is -0.205. The van der Waals surface area contributed by atoms with Gasteiger partial charge in [-0.05, 0) is 37.8 Å². The van der Waals surface area contributed by atoms with Crippen LogP contribution in [0.25, 0.3) is 0 Å². The van der Waals surface area contributed by atoms with E-state index in [1.165, 1.54) is 7.11 Å². The van der Waals surface area contributed by atoms with Crippen molar-refractivity contribution in [1.82, 2.24) is 9.62 Å². The number of esters is 1. The number of hydrogen-bond acceptors (Lipinski definition) is 5. The summed E-state index contributed by atoms with van der Waals surface area (Å²) in [5.41, 5.74) is 0. The first-order valence-electron chi connectivity index (χ1n) is 8.84. The fraction of sp³-hybridized carbons (Fsp3) is 0.556. The van der Waals surface area contributed by atoms with Gasteiger partial charge in [-0.3, -0.25) is 9.59 Å². The summed E-state index contributed by atoms with van der Waals surface area (Å²) in [6.45, 7) is 1.08. The van der Waals surface area contributed by atoms with E-state index >= 15 is 0 Å². The monoisotopic (exact) mass is 382 g/mol. The van der Waals surface area contributed by atoms with Crippen LogP contribution in [-0.4, -0.2) is 51.4 Å².